The molecule has 0 spiro atoms. The molecule has 3 heterocycles. The fraction of sp³-hybridized carbons (Fsp3) is 0.294. The Morgan fingerprint density at radius 3 is 3.11 bits per heavy atom. The summed E-state index contributed by atoms with van der Waals surface area (Å²) in [6, 6.07) is 6.15. The first-order valence-electron chi connectivity index (χ1n) is 8.28. The van der Waals surface area contributed by atoms with Gasteiger partial charge in [0.1, 0.15) is 11.5 Å². The summed E-state index contributed by atoms with van der Waals surface area (Å²) < 4.78 is 15.1. The monoisotopic (exact) mass is 387 g/mol. The van der Waals surface area contributed by atoms with Gasteiger partial charge in [0, 0.05) is 13.0 Å². The molecule has 1 unspecified atom stereocenters. The summed E-state index contributed by atoms with van der Waals surface area (Å²) in [5.41, 5.74) is 5.86. The Morgan fingerprint density at radius 1 is 1.44 bits per heavy atom. The van der Waals surface area contributed by atoms with Crippen molar-refractivity contribution < 1.29 is 9.50 Å². The van der Waals surface area contributed by atoms with Crippen LogP contribution in [0.1, 0.15) is 22.5 Å². The maximum atomic E-state index is 13.3. The molecule has 2 N–H and O–H groups in total. The van der Waals surface area contributed by atoms with Gasteiger partial charge >= 0.3 is 0 Å². The molecule has 2 aromatic rings. The van der Waals surface area contributed by atoms with E-state index < -0.39 is 12.0 Å². The first kappa shape index (κ1) is 17.5. The zero-order chi connectivity index (χ0) is 19.0. The average Bonchev–Trinajstić information content (AvgIpc) is 3.07. The van der Waals surface area contributed by atoms with Crippen molar-refractivity contribution >= 4 is 17.8 Å². The van der Waals surface area contributed by atoms with E-state index in [0.29, 0.717) is 37.3 Å². The highest BCUT2D eigenvalue weighted by molar-refractivity contribution is 6.31. The number of aliphatic hydroxyl groups excluding tert-OH is 1. The topological polar surface area (TPSA) is 102 Å². The van der Waals surface area contributed by atoms with Gasteiger partial charge in [0.05, 0.1) is 47.4 Å². The van der Waals surface area contributed by atoms with Crippen LogP contribution >= 0.6 is 11.6 Å². The Balaban J connectivity index is 1.57. The number of hydrazone groups is 1. The SMILES string of the molecule is N#Cc1cc(F)ccc1Cn1nnc2c1CCN(C1=C(Cl)C(O)NN=C1)C2. The number of aromatic nitrogens is 3. The molecule has 2 aliphatic heterocycles. The predicted octanol–water partition coefficient (Wildman–Crippen LogP) is 1.05. The number of nitriles is 1. The van der Waals surface area contributed by atoms with E-state index in [-0.39, 0.29) is 10.6 Å². The lowest BCUT2D eigenvalue weighted by atomic mass is 10.1. The van der Waals surface area contributed by atoms with Crippen molar-refractivity contribution in [3.63, 3.8) is 0 Å². The van der Waals surface area contributed by atoms with Gasteiger partial charge in [-0.1, -0.05) is 22.9 Å². The summed E-state index contributed by atoms with van der Waals surface area (Å²) in [7, 11) is 0. The van der Waals surface area contributed by atoms with Gasteiger partial charge in [-0.2, -0.15) is 10.4 Å². The lowest BCUT2D eigenvalue weighted by Gasteiger charge is -2.31. The van der Waals surface area contributed by atoms with Crippen molar-refractivity contribution in [3.8, 4) is 6.07 Å². The summed E-state index contributed by atoms with van der Waals surface area (Å²) in [6.07, 6.45) is 1.21. The van der Waals surface area contributed by atoms with Crippen LogP contribution in [0.3, 0.4) is 0 Å². The van der Waals surface area contributed by atoms with Crippen LogP contribution in [0.25, 0.3) is 0 Å². The number of fused-ring (bicyclic) bond motifs is 1. The molecule has 8 nitrogen and oxygen atoms in total. The van der Waals surface area contributed by atoms with Gasteiger partial charge in [-0.25, -0.2) is 9.07 Å². The summed E-state index contributed by atoms with van der Waals surface area (Å²) >= 11 is 6.18. The van der Waals surface area contributed by atoms with Crippen LogP contribution in [-0.4, -0.2) is 44.0 Å². The standard InChI is InChI=1S/C17H15ClFN7O/c18-16-15(7-21-23-17(16)27)25-4-3-14-13(9-25)22-24-26(14)8-10-1-2-12(19)5-11(10)6-20/h1-2,5,7,17,23,27H,3-4,8-9H2. The largest absolute Gasteiger partial charge is 0.367 e. The maximum Gasteiger partial charge on any atom is 0.178 e. The van der Waals surface area contributed by atoms with Crippen LogP contribution in [-0.2, 0) is 19.5 Å². The molecule has 1 aromatic carbocycles. The minimum absolute atomic E-state index is 0.283. The lowest BCUT2D eigenvalue weighted by molar-refractivity contribution is 0.174. The highest BCUT2D eigenvalue weighted by atomic mass is 35.5. The molecule has 0 saturated heterocycles. The molecule has 27 heavy (non-hydrogen) atoms. The van der Waals surface area contributed by atoms with Gasteiger partial charge < -0.3 is 10.0 Å². The van der Waals surface area contributed by atoms with Crippen molar-refractivity contribution in [2.45, 2.75) is 25.7 Å². The Bertz CT molecular complexity index is 994. The van der Waals surface area contributed by atoms with E-state index in [1.165, 1.54) is 12.1 Å². The number of aliphatic hydroxyl groups is 1. The fourth-order valence-corrected chi connectivity index (χ4v) is 3.43. The number of hydrogen-bond acceptors (Lipinski definition) is 7. The zero-order valence-electron chi connectivity index (χ0n) is 14.1. The maximum absolute atomic E-state index is 13.3. The smallest absolute Gasteiger partial charge is 0.178 e. The molecule has 0 amide bonds. The van der Waals surface area contributed by atoms with E-state index in [4.69, 9.17) is 11.6 Å². The van der Waals surface area contributed by atoms with Gasteiger partial charge in [0.2, 0.25) is 0 Å². The van der Waals surface area contributed by atoms with Gasteiger partial charge in [-0.3, -0.25) is 5.43 Å². The Labute approximate surface area is 159 Å². The molecule has 0 radical (unpaired) electrons. The number of nitrogens with zero attached hydrogens (tertiary/aromatic N) is 6. The van der Waals surface area contributed by atoms with Crippen LogP contribution in [0.15, 0.2) is 34.0 Å². The Kier molecular flexibility index (Phi) is 4.51. The van der Waals surface area contributed by atoms with E-state index in [0.717, 1.165) is 11.4 Å². The van der Waals surface area contributed by atoms with Gasteiger partial charge in [0.25, 0.3) is 0 Å². The quantitative estimate of drug-likeness (QED) is 0.816. The third-order valence-electron chi connectivity index (χ3n) is 4.60. The molecule has 0 fully saturated rings. The number of benzene rings is 1. The number of halogens is 2. The Morgan fingerprint density at radius 2 is 2.30 bits per heavy atom. The van der Waals surface area contributed by atoms with Crippen LogP contribution in [0.5, 0.6) is 0 Å². The van der Waals surface area contributed by atoms with Crippen LogP contribution in [0.4, 0.5) is 4.39 Å². The number of allylic oxidation sites excluding steroid dienone is 1. The van der Waals surface area contributed by atoms with E-state index >= 15 is 0 Å². The van der Waals surface area contributed by atoms with Crippen molar-refractivity contribution in [1.29, 1.82) is 5.26 Å². The molecule has 10 heteroatoms. The first-order valence-corrected chi connectivity index (χ1v) is 8.65. The number of rotatable bonds is 3. The van der Waals surface area contributed by atoms with Crippen molar-refractivity contribution in [2.24, 2.45) is 5.10 Å². The molecule has 0 aliphatic carbocycles. The average molecular weight is 388 g/mol. The Hall–Kier alpha value is -2.96. The second-order valence-corrected chi connectivity index (χ2v) is 6.66. The third kappa shape index (κ3) is 3.25. The predicted molar refractivity (Wildman–Crippen MR) is 94.9 cm³/mol. The minimum Gasteiger partial charge on any atom is -0.367 e. The molecule has 0 bridgehead atoms. The zero-order valence-corrected chi connectivity index (χ0v) is 14.9. The van der Waals surface area contributed by atoms with Crippen molar-refractivity contribution in [3.05, 3.63) is 57.3 Å². The normalized spacial score (nSPS) is 18.9. The van der Waals surface area contributed by atoms with Crippen LogP contribution in [0.2, 0.25) is 0 Å². The molecule has 4 rings (SSSR count). The second-order valence-electron chi connectivity index (χ2n) is 6.25. The molecule has 1 aromatic heterocycles. The van der Waals surface area contributed by atoms with E-state index in [9.17, 15) is 14.8 Å². The number of hydrogen-bond donors (Lipinski definition) is 2. The van der Waals surface area contributed by atoms with Gasteiger partial charge in [-0.05, 0) is 17.7 Å². The van der Waals surface area contributed by atoms with Crippen molar-refractivity contribution in [2.75, 3.05) is 6.54 Å². The number of nitrogens with one attached hydrogen (secondary N) is 1. The first-order chi connectivity index (χ1) is 13.1. The van der Waals surface area contributed by atoms with E-state index in [1.54, 1.807) is 17.0 Å². The fourth-order valence-electron chi connectivity index (χ4n) is 3.21. The molecular weight excluding hydrogens is 373 g/mol. The summed E-state index contributed by atoms with van der Waals surface area (Å²) in [5, 5.41) is 31.6. The lowest BCUT2D eigenvalue weighted by Crippen LogP contribution is -2.37. The second kappa shape index (κ2) is 6.98. The molecule has 0 saturated carbocycles. The molecule has 2 aliphatic rings. The van der Waals surface area contributed by atoms with Crippen LogP contribution < -0.4 is 5.43 Å². The summed E-state index contributed by atoms with van der Waals surface area (Å²) in [6.45, 7) is 1.48. The summed E-state index contributed by atoms with van der Waals surface area (Å²) in [5.74, 6) is -0.442. The highest BCUT2D eigenvalue weighted by Gasteiger charge is 2.27. The molecule has 1 atom stereocenters. The van der Waals surface area contributed by atoms with Gasteiger partial charge in [0.15, 0.2) is 6.23 Å². The van der Waals surface area contributed by atoms with E-state index in [1.807, 2.05) is 11.0 Å². The minimum atomic E-state index is -1.02. The van der Waals surface area contributed by atoms with Crippen LogP contribution in [0, 0.1) is 17.1 Å². The summed E-state index contributed by atoms with van der Waals surface area (Å²) in [4.78, 5) is 1.98. The molecule has 138 valence electrons. The third-order valence-corrected chi connectivity index (χ3v) is 5.00. The van der Waals surface area contributed by atoms with Gasteiger partial charge in [-0.15, -0.1) is 5.10 Å². The van der Waals surface area contributed by atoms with E-state index in [2.05, 4.69) is 20.8 Å². The van der Waals surface area contributed by atoms with Crippen molar-refractivity contribution in [1.82, 2.24) is 25.3 Å². The highest BCUT2D eigenvalue weighted by Crippen LogP contribution is 2.25. The molecular formula is C17H15ClFN7O.